The molecule has 0 radical (unpaired) electrons. The van der Waals surface area contributed by atoms with Crippen molar-refractivity contribution in [3.63, 3.8) is 0 Å². The first kappa shape index (κ1) is 21.7. The van der Waals surface area contributed by atoms with Crippen molar-refractivity contribution in [3.05, 3.63) is 28.7 Å². The fourth-order valence-corrected chi connectivity index (χ4v) is 4.05. The molecule has 3 rings (SSSR count). The van der Waals surface area contributed by atoms with Gasteiger partial charge in [-0.05, 0) is 38.2 Å². The maximum absolute atomic E-state index is 14.2. The van der Waals surface area contributed by atoms with E-state index in [-0.39, 0.29) is 37.8 Å². The van der Waals surface area contributed by atoms with Crippen LogP contribution in [0.15, 0.2) is 23.1 Å². The lowest BCUT2D eigenvalue weighted by Gasteiger charge is -2.39. The number of pyridine rings is 1. The van der Waals surface area contributed by atoms with Gasteiger partial charge in [-0.1, -0.05) is 0 Å². The van der Waals surface area contributed by atoms with Crippen molar-refractivity contribution in [2.24, 2.45) is 11.8 Å². The molecular formula is C19H23F5N2O3. The summed E-state index contributed by atoms with van der Waals surface area (Å²) in [6.07, 6.45) is -8.67. The molecule has 2 aliphatic carbocycles. The third kappa shape index (κ3) is 5.55. The molecule has 0 spiro atoms. The van der Waals surface area contributed by atoms with Gasteiger partial charge in [0.15, 0.2) is 0 Å². The number of alkyl halides is 5. The Balaban J connectivity index is 1.74. The molecule has 1 aromatic rings. The fourth-order valence-electron chi connectivity index (χ4n) is 4.05. The van der Waals surface area contributed by atoms with Crippen LogP contribution in [0.1, 0.15) is 38.5 Å². The van der Waals surface area contributed by atoms with Gasteiger partial charge in [0.2, 0.25) is 11.5 Å². The molecule has 6 unspecified atom stereocenters. The summed E-state index contributed by atoms with van der Waals surface area (Å²) in [5, 5.41) is 2.45. The van der Waals surface area contributed by atoms with Crippen LogP contribution < -0.4 is 10.9 Å². The summed E-state index contributed by atoms with van der Waals surface area (Å²) in [6, 6.07) is 2.51. The second-order valence-corrected chi connectivity index (χ2v) is 7.73. The molecule has 162 valence electrons. The van der Waals surface area contributed by atoms with Crippen LogP contribution in [0.25, 0.3) is 0 Å². The quantitative estimate of drug-likeness (QED) is 0.723. The van der Waals surface area contributed by atoms with Gasteiger partial charge in [0.05, 0.1) is 24.0 Å². The lowest BCUT2D eigenvalue weighted by atomic mass is 9.78. The number of halogens is 5. The number of hydrogen-bond donors (Lipinski definition) is 2. The van der Waals surface area contributed by atoms with Crippen molar-refractivity contribution in [1.82, 2.24) is 4.98 Å². The minimum Gasteiger partial charge on any atom is -0.371 e. The Labute approximate surface area is 164 Å². The van der Waals surface area contributed by atoms with E-state index in [1.54, 1.807) is 0 Å². The number of H-pyrrole nitrogens is 1. The molecule has 2 aliphatic rings. The normalized spacial score (nSPS) is 33.3. The highest BCUT2D eigenvalue weighted by atomic mass is 19.4. The van der Waals surface area contributed by atoms with E-state index in [4.69, 9.17) is 4.74 Å². The van der Waals surface area contributed by atoms with Crippen LogP contribution >= 0.6 is 0 Å². The van der Waals surface area contributed by atoms with E-state index < -0.39 is 60.5 Å². The Hall–Kier alpha value is -1.97. The van der Waals surface area contributed by atoms with Gasteiger partial charge in [-0.25, -0.2) is 8.78 Å². The standard InChI is InChI=1S/C19H23F5N2O3/c20-11-2-4-16(14(21)8-11)29-15-3-1-10(19(22,23)24)7-13(15)18(28)26-12-5-6-25-17(27)9-12/h5-6,9-11,13-16H,1-4,7-8H2,(H2,25,26,27,28). The predicted octanol–water partition coefficient (Wildman–Crippen LogP) is 3.91. The van der Waals surface area contributed by atoms with Gasteiger partial charge >= 0.3 is 6.18 Å². The first-order chi connectivity index (χ1) is 13.6. The molecule has 0 bridgehead atoms. The summed E-state index contributed by atoms with van der Waals surface area (Å²) in [5.74, 6) is -3.55. The number of aromatic amines is 1. The number of rotatable bonds is 4. The monoisotopic (exact) mass is 422 g/mol. The summed E-state index contributed by atoms with van der Waals surface area (Å²) in [7, 11) is 0. The second-order valence-electron chi connectivity index (χ2n) is 7.73. The van der Waals surface area contributed by atoms with Crippen molar-refractivity contribution < 1.29 is 31.5 Å². The molecule has 29 heavy (non-hydrogen) atoms. The molecule has 1 amide bonds. The van der Waals surface area contributed by atoms with Gasteiger partial charge in [0, 0.05) is 24.4 Å². The number of anilines is 1. The zero-order chi connectivity index (χ0) is 21.2. The number of aromatic nitrogens is 1. The molecular weight excluding hydrogens is 399 g/mol. The molecule has 2 N–H and O–H groups in total. The molecule has 5 nitrogen and oxygen atoms in total. The lowest BCUT2D eigenvalue weighted by Crippen LogP contribution is -2.46. The Kier molecular flexibility index (Phi) is 6.60. The van der Waals surface area contributed by atoms with Crippen LogP contribution in [0.2, 0.25) is 0 Å². The van der Waals surface area contributed by atoms with E-state index in [0.717, 1.165) is 6.07 Å². The minimum absolute atomic E-state index is 0.0556. The molecule has 10 heteroatoms. The number of nitrogens with one attached hydrogen (secondary N) is 2. The Morgan fingerprint density at radius 1 is 1.10 bits per heavy atom. The Morgan fingerprint density at radius 2 is 1.83 bits per heavy atom. The summed E-state index contributed by atoms with van der Waals surface area (Å²) in [6.45, 7) is 0. The number of carbonyl (C=O) groups is 1. The SMILES string of the molecule is O=C(Nc1cc[nH]c(=O)c1)C1CC(C(F)(F)F)CCC1OC1CCC(F)CC1F. The van der Waals surface area contributed by atoms with Gasteiger partial charge in [-0.2, -0.15) is 13.2 Å². The Bertz CT molecular complexity index is 769. The van der Waals surface area contributed by atoms with Crippen LogP contribution in [0.3, 0.4) is 0 Å². The highest BCUT2D eigenvalue weighted by molar-refractivity contribution is 5.92. The summed E-state index contributed by atoms with van der Waals surface area (Å²) >= 11 is 0. The van der Waals surface area contributed by atoms with Crippen LogP contribution in [0.5, 0.6) is 0 Å². The first-order valence-corrected chi connectivity index (χ1v) is 9.63. The van der Waals surface area contributed by atoms with E-state index in [0.29, 0.717) is 0 Å². The van der Waals surface area contributed by atoms with Crippen molar-refractivity contribution in [2.45, 2.75) is 69.3 Å². The van der Waals surface area contributed by atoms with Crippen molar-refractivity contribution >= 4 is 11.6 Å². The first-order valence-electron chi connectivity index (χ1n) is 9.63. The van der Waals surface area contributed by atoms with Gasteiger partial charge in [-0.15, -0.1) is 0 Å². The molecule has 6 atom stereocenters. The molecule has 1 aromatic heterocycles. The van der Waals surface area contributed by atoms with E-state index in [9.17, 15) is 31.5 Å². The maximum atomic E-state index is 14.2. The van der Waals surface area contributed by atoms with E-state index in [2.05, 4.69) is 10.3 Å². The van der Waals surface area contributed by atoms with Gasteiger partial charge < -0.3 is 15.0 Å². The molecule has 2 saturated carbocycles. The van der Waals surface area contributed by atoms with E-state index in [1.165, 1.54) is 12.3 Å². The number of amides is 1. The Morgan fingerprint density at radius 3 is 2.48 bits per heavy atom. The average molecular weight is 422 g/mol. The van der Waals surface area contributed by atoms with Crippen molar-refractivity contribution in [3.8, 4) is 0 Å². The zero-order valence-electron chi connectivity index (χ0n) is 15.6. The minimum atomic E-state index is -4.46. The lowest BCUT2D eigenvalue weighted by molar-refractivity contribution is -0.200. The summed E-state index contributed by atoms with van der Waals surface area (Å²) in [4.78, 5) is 26.5. The van der Waals surface area contributed by atoms with E-state index >= 15 is 0 Å². The molecule has 0 aromatic carbocycles. The highest BCUT2D eigenvalue weighted by Crippen LogP contribution is 2.42. The predicted molar refractivity (Wildman–Crippen MR) is 94.9 cm³/mol. The zero-order valence-corrected chi connectivity index (χ0v) is 15.6. The van der Waals surface area contributed by atoms with Crippen LogP contribution in [0, 0.1) is 11.8 Å². The van der Waals surface area contributed by atoms with Crippen LogP contribution in [-0.4, -0.2) is 41.6 Å². The molecule has 1 heterocycles. The number of carbonyl (C=O) groups excluding carboxylic acids is 1. The largest absolute Gasteiger partial charge is 0.391 e. The third-order valence-electron chi connectivity index (χ3n) is 5.63. The average Bonchev–Trinajstić information content (AvgIpc) is 2.63. The van der Waals surface area contributed by atoms with Gasteiger partial charge in [-0.3, -0.25) is 9.59 Å². The van der Waals surface area contributed by atoms with Crippen molar-refractivity contribution in [2.75, 3.05) is 5.32 Å². The molecule has 0 saturated heterocycles. The van der Waals surface area contributed by atoms with Gasteiger partial charge in [0.1, 0.15) is 12.3 Å². The van der Waals surface area contributed by atoms with Gasteiger partial charge in [0.25, 0.3) is 0 Å². The van der Waals surface area contributed by atoms with Crippen LogP contribution in [0.4, 0.5) is 27.6 Å². The van der Waals surface area contributed by atoms with Crippen LogP contribution in [-0.2, 0) is 9.53 Å². The summed E-state index contributed by atoms with van der Waals surface area (Å²) < 4.78 is 72.9. The highest BCUT2D eigenvalue weighted by Gasteiger charge is 2.48. The molecule has 2 fully saturated rings. The fraction of sp³-hybridized carbons (Fsp3) is 0.684. The molecule has 0 aliphatic heterocycles. The number of ether oxygens (including phenoxy) is 1. The number of hydrogen-bond acceptors (Lipinski definition) is 3. The second kappa shape index (κ2) is 8.81. The van der Waals surface area contributed by atoms with E-state index in [1.807, 2.05) is 0 Å². The smallest absolute Gasteiger partial charge is 0.371 e. The third-order valence-corrected chi connectivity index (χ3v) is 5.63. The topological polar surface area (TPSA) is 71.2 Å². The van der Waals surface area contributed by atoms with Crippen molar-refractivity contribution in [1.29, 1.82) is 0 Å². The summed E-state index contributed by atoms with van der Waals surface area (Å²) in [5.41, 5.74) is -0.330. The maximum Gasteiger partial charge on any atom is 0.391 e.